The molecule has 108 valence electrons. The number of rotatable bonds is 4. The summed E-state index contributed by atoms with van der Waals surface area (Å²) in [5, 5.41) is 7.23. The Morgan fingerprint density at radius 1 is 1.00 bits per heavy atom. The Hall–Kier alpha value is -1.80. The number of anilines is 2. The van der Waals surface area contributed by atoms with E-state index in [1.165, 1.54) is 36.1 Å². The third-order valence-electron chi connectivity index (χ3n) is 4.63. The molecule has 0 aromatic heterocycles. The summed E-state index contributed by atoms with van der Waals surface area (Å²) >= 11 is 0. The zero-order valence-corrected chi connectivity index (χ0v) is 12.3. The van der Waals surface area contributed by atoms with Gasteiger partial charge in [0.2, 0.25) is 0 Å². The van der Waals surface area contributed by atoms with E-state index < -0.39 is 0 Å². The van der Waals surface area contributed by atoms with Crippen LogP contribution in [-0.4, -0.2) is 6.54 Å². The molecule has 1 heterocycles. The van der Waals surface area contributed by atoms with Gasteiger partial charge in [0.05, 0.1) is 0 Å². The summed E-state index contributed by atoms with van der Waals surface area (Å²) in [7, 11) is 0. The maximum Gasteiger partial charge on any atom is 0.0387 e. The summed E-state index contributed by atoms with van der Waals surface area (Å²) in [5.74, 6) is 0.958. The Bertz CT molecular complexity index is 617. The van der Waals surface area contributed by atoms with Gasteiger partial charge in [0.15, 0.2) is 0 Å². The highest BCUT2D eigenvalue weighted by Gasteiger charge is 2.28. The van der Waals surface area contributed by atoms with Crippen LogP contribution in [0, 0.1) is 5.92 Å². The molecule has 2 aromatic carbocycles. The minimum absolute atomic E-state index is 0.554. The number of para-hydroxylation sites is 1. The van der Waals surface area contributed by atoms with E-state index in [0.29, 0.717) is 6.04 Å². The Balaban J connectivity index is 1.59. The van der Waals surface area contributed by atoms with Crippen molar-refractivity contribution in [2.45, 2.75) is 31.7 Å². The molecule has 1 fully saturated rings. The topological polar surface area (TPSA) is 24.1 Å². The van der Waals surface area contributed by atoms with E-state index in [1.54, 1.807) is 0 Å². The van der Waals surface area contributed by atoms with Gasteiger partial charge in [-0.15, -0.1) is 0 Å². The molecule has 2 N–H and O–H groups in total. The third-order valence-corrected chi connectivity index (χ3v) is 4.63. The van der Waals surface area contributed by atoms with E-state index in [2.05, 4.69) is 53.1 Å². The highest BCUT2D eigenvalue weighted by molar-refractivity contribution is 5.61. The predicted octanol–water partition coefficient (Wildman–Crippen LogP) is 4.42. The van der Waals surface area contributed by atoms with Gasteiger partial charge in [0.25, 0.3) is 0 Å². The normalized spacial score (nSPS) is 20.9. The van der Waals surface area contributed by atoms with Gasteiger partial charge in [-0.3, -0.25) is 0 Å². The minimum Gasteiger partial charge on any atom is -0.356 e. The SMILES string of the molecule is c1ccc(Nc2ccc3c(c2)C(CC2CC2)NCC3)cc1. The van der Waals surface area contributed by atoms with Crippen molar-refractivity contribution in [3.8, 4) is 0 Å². The summed E-state index contributed by atoms with van der Waals surface area (Å²) in [6, 6.07) is 17.8. The van der Waals surface area contributed by atoms with Gasteiger partial charge in [0.1, 0.15) is 0 Å². The second-order valence-electron chi connectivity index (χ2n) is 6.34. The first-order chi connectivity index (χ1) is 10.4. The molecular formula is C19H22N2. The van der Waals surface area contributed by atoms with Crippen molar-refractivity contribution >= 4 is 11.4 Å². The fourth-order valence-corrected chi connectivity index (χ4v) is 3.30. The molecule has 2 heteroatoms. The van der Waals surface area contributed by atoms with E-state index in [4.69, 9.17) is 0 Å². The Morgan fingerprint density at radius 3 is 2.67 bits per heavy atom. The molecular weight excluding hydrogens is 256 g/mol. The fourth-order valence-electron chi connectivity index (χ4n) is 3.30. The van der Waals surface area contributed by atoms with E-state index in [-0.39, 0.29) is 0 Å². The standard InChI is InChI=1S/C19H22N2/c1-2-4-16(5-3-1)21-17-9-8-15-10-11-20-19(18(15)13-17)12-14-6-7-14/h1-5,8-9,13-14,19-21H,6-7,10-12H2. The lowest BCUT2D eigenvalue weighted by atomic mass is 9.90. The summed E-state index contributed by atoms with van der Waals surface area (Å²) < 4.78 is 0. The maximum atomic E-state index is 3.71. The van der Waals surface area contributed by atoms with Crippen LogP contribution in [0.15, 0.2) is 48.5 Å². The lowest BCUT2D eigenvalue weighted by Gasteiger charge is -2.28. The lowest BCUT2D eigenvalue weighted by molar-refractivity contribution is 0.453. The van der Waals surface area contributed by atoms with Crippen LogP contribution in [0.5, 0.6) is 0 Å². The van der Waals surface area contributed by atoms with Crippen LogP contribution in [0.25, 0.3) is 0 Å². The molecule has 0 spiro atoms. The predicted molar refractivity (Wildman–Crippen MR) is 88.0 cm³/mol. The van der Waals surface area contributed by atoms with Crippen molar-refractivity contribution in [2.75, 3.05) is 11.9 Å². The molecule has 1 aliphatic carbocycles. The van der Waals surface area contributed by atoms with Crippen LogP contribution in [0.3, 0.4) is 0 Å². The smallest absolute Gasteiger partial charge is 0.0387 e. The van der Waals surface area contributed by atoms with Gasteiger partial charge in [0, 0.05) is 17.4 Å². The first-order valence-electron chi connectivity index (χ1n) is 8.07. The first-order valence-corrected chi connectivity index (χ1v) is 8.07. The van der Waals surface area contributed by atoms with Gasteiger partial charge in [-0.05, 0) is 60.7 Å². The van der Waals surface area contributed by atoms with Crippen molar-refractivity contribution in [3.63, 3.8) is 0 Å². The second kappa shape index (κ2) is 5.53. The van der Waals surface area contributed by atoms with Crippen LogP contribution < -0.4 is 10.6 Å². The molecule has 0 saturated heterocycles. The average molecular weight is 278 g/mol. The zero-order valence-electron chi connectivity index (χ0n) is 12.3. The molecule has 0 bridgehead atoms. The highest BCUT2D eigenvalue weighted by Crippen LogP contribution is 2.40. The van der Waals surface area contributed by atoms with E-state index >= 15 is 0 Å². The largest absolute Gasteiger partial charge is 0.356 e. The van der Waals surface area contributed by atoms with E-state index in [1.807, 2.05) is 6.07 Å². The summed E-state index contributed by atoms with van der Waals surface area (Å²) in [6.45, 7) is 1.12. The Kier molecular flexibility index (Phi) is 3.40. The summed E-state index contributed by atoms with van der Waals surface area (Å²) in [5.41, 5.74) is 5.39. The molecule has 1 unspecified atom stereocenters. The highest BCUT2D eigenvalue weighted by atomic mass is 14.9. The van der Waals surface area contributed by atoms with E-state index in [0.717, 1.165) is 24.6 Å². The monoisotopic (exact) mass is 278 g/mol. The number of hydrogen-bond acceptors (Lipinski definition) is 2. The maximum absolute atomic E-state index is 3.71. The van der Waals surface area contributed by atoms with Crippen molar-refractivity contribution < 1.29 is 0 Å². The fraction of sp³-hybridized carbons (Fsp3) is 0.368. The quantitative estimate of drug-likeness (QED) is 0.865. The van der Waals surface area contributed by atoms with Crippen molar-refractivity contribution in [1.29, 1.82) is 0 Å². The molecule has 2 nitrogen and oxygen atoms in total. The van der Waals surface area contributed by atoms with Crippen molar-refractivity contribution in [2.24, 2.45) is 5.92 Å². The van der Waals surface area contributed by atoms with Gasteiger partial charge >= 0.3 is 0 Å². The number of nitrogens with one attached hydrogen (secondary N) is 2. The Morgan fingerprint density at radius 2 is 1.86 bits per heavy atom. The molecule has 0 amide bonds. The van der Waals surface area contributed by atoms with Crippen molar-refractivity contribution in [3.05, 3.63) is 59.7 Å². The third kappa shape index (κ3) is 2.96. The van der Waals surface area contributed by atoms with Gasteiger partial charge in [-0.1, -0.05) is 37.1 Å². The number of benzene rings is 2. The van der Waals surface area contributed by atoms with Crippen LogP contribution in [-0.2, 0) is 6.42 Å². The van der Waals surface area contributed by atoms with Crippen LogP contribution >= 0.6 is 0 Å². The van der Waals surface area contributed by atoms with E-state index in [9.17, 15) is 0 Å². The Labute approximate surface area is 126 Å². The average Bonchev–Trinajstić information content (AvgIpc) is 3.33. The van der Waals surface area contributed by atoms with Crippen molar-refractivity contribution in [1.82, 2.24) is 5.32 Å². The zero-order chi connectivity index (χ0) is 14.1. The molecule has 21 heavy (non-hydrogen) atoms. The molecule has 1 aliphatic heterocycles. The molecule has 4 rings (SSSR count). The number of fused-ring (bicyclic) bond motifs is 1. The minimum atomic E-state index is 0.554. The van der Waals surface area contributed by atoms with Crippen LogP contribution in [0.2, 0.25) is 0 Å². The lowest BCUT2D eigenvalue weighted by Crippen LogP contribution is -2.30. The summed E-state index contributed by atoms with van der Waals surface area (Å²) in [4.78, 5) is 0. The first kappa shape index (κ1) is 12.9. The van der Waals surface area contributed by atoms with Crippen LogP contribution in [0.4, 0.5) is 11.4 Å². The number of hydrogen-bond donors (Lipinski definition) is 2. The molecule has 0 radical (unpaired) electrons. The second-order valence-corrected chi connectivity index (χ2v) is 6.34. The molecule has 2 aromatic rings. The molecule has 1 saturated carbocycles. The molecule has 1 atom stereocenters. The summed E-state index contributed by atoms with van der Waals surface area (Å²) in [6.07, 6.45) is 5.31. The van der Waals surface area contributed by atoms with Gasteiger partial charge < -0.3 is 10.6 Å². The van der Waals surface area contributed by atoms with Gasteiger partial charge in [-0.2, -0.15) is 0 Å². The molecule has 2 aliphatic rings. The van der Waals surface area contributed by atoms with Crippen LogP contribution in [0.1, 0.15) is 36.4 Å². The van der Waals surface area contributed by atoms with Gasteiger partial charge in [-0.25, -0.2) is 0 Å².